The van der Waals surface area contributed by atoms with Crippen molar-refractivity contribution in [1.82, 2.24) is 5.32 Å². The highest BCUT2D eigenvalue weighted by atomic mass is 15.2. The van der Waals surface area contributed by atoms with Gasteiger partial charge in [-0.1, -0.05) is 24.6 Å². The van der Waals surface area contributed by atoms with Gasteiger partial charge in [0.2, 0.25) is 0 Å². The van der Waals surface area contributed by atoms with E-state index in [4.69, 9.17) is 0 Å². The van der Waals surface area contributed by atoms with Gasteiger partial charge in [0, 0.05) is 30.9 Å². The van der Waals surface area contributed by atoms with Gasteiger partial charge in [-0.15, -0.1) is 0 Å². The summed E-state index contributed by atoms with van der Waals surface area (Å²) in [6.45, 7) is 8.88. The van der Waals surface area contributed by atoms with Crippen LogP contribution in [0.4, 0.5) is 5.69 Å². The Kier molecular flexibility index (Phi) is 3.49. The molecule has 1 saturated heterocycles. The molecule has 2 rings (SSSR count). The summed E-state index contributed by atoms with van der Waals surface area (Å²) in [6, 6.07) is 10.1. The van der Waals surface area contributed by atoms with Crippen molar-refractivity contribution in [3.8, 4) is 0 Å². The summed E-state index contributed by atoms with van der Waals surface area (Å²) in [7, 11) is 0. The van der Waals surface area contributed by atoms with Gasteiger partial charge in [0.25, 0.3) is 0 Å². The Morgan fingerprint density at radius 1 is 1.31 bits per heavy atom. The molecule has 1 fully saturated rings. The predicted octanol–water partition coefficient (Wildman–Crippen LogP) is 2.57. The molecule has 0 radical (unpaired) electrons. The number of hydrogen-bond donors (Lipinski definition) is 1. The number of piperazine rings is 1. The largest absolute Gasteiger partial charge is 0.366 e. The smallest absolute Gasteiger partial charge is 0.0412 e. The van der Waals surface area contributed by atoms with Crippen LogP contribution >= 0.6 is 0 Å². The van der Waals surface area contributed by atoms with Crippen LogP contribution in [0.15, 0.2) is 24.3 Å². The van der Waals surface area contributed by atoms with E-state index >= 15 is 0 Å². The maximum absolute atomic E-state index is 3.55. The lowest BCUT2D eigenvalue weighted by Crippen LogP contribution is -2.55. The summed E-state index contributed by atoms with van der Waals surface area (Å²) in [4.78, 5) is 2.54. The van der Waals surface area contributed by atoms with Crippen molar-refractivity contribution in [2.75, 3.05) is 18.0 Å². The minimum absolute atomic E-state index is 0.587. The Bertz CT molecular complexity index is 331. The molecule has 1 N–H and O–H groups in total. The summed E-state index contributed by atoms with van der Waals surface area (Å²) >= 11 is 0. The second kappa shape index (κ2) is 4.88. The summed E-state index contributed by atoms with van der Waals surface area (Å²) < 4.78 is 0. The minimum Gasteiger partial charge on any atom is -0.366 e. The molecule has 2 nitrogen and oxygen atoms in total. The monoisotopic (exact) mass is 218 g/mol. The highest BCUT2D eigenvalue weighted by Crippen LogP contribution is 2.21. The van der Waals surface area contributed by atoms with E-state index in [9.17, 15) is 0 Å². The number of anilines is 1. The van der Waals surface area contributed by atoms with Gasteiger partial charge < -0.3 is 10.2 Å². The highest BCUT2D eigenvalue weighted by molar-refractivity contribution is 5.49. The topological polar surface area (TPSA) is 15.3 Å². The third-order valence-corrected chi connectivity index (χ3v) is 3.45. The lowest BCUT2D eigenvalue weighted by Gasteiger charge is -2.40. The van der Waals surface area contributed by atoms with E-state index in [-0.39, 0.29) is 0 Å². The first-order valence-corrected chi connectivity index (χ1v) is 6.27. The average molecular weight is 218 g/mol. The Hall–Kier alpha value is -1.02. The van der Waals surface area contributed by atoms with Crippen LogP contribution in [0.2, 0.25) is 0 Å². The molecule has 0 amide bonds. The second-order valence-electron chi connectivity index (χ2n) is 4.86. The van der Waals surface area contributed by atoms with E-state index in [1.165, 1.54) is 17.7 Å². The standard InChI is InChI=1S/C14H22N2/c1-4-13-9-15-12(3)10-16(13)14-7-5-11(2)6-8-14/h5-8,12-13,15H,4,9-10H2,1-3H3. The summed E-state index contributed by atoms with van der Waals surface area (Å²) in [5.74, 6) is 0. The van der Waals surface area contributed by atoms with Gasteiger partial charge >= 0.3 is 0 Å². The van der Waals surface area contributed by atoms with E-state index in [0.717, 1.165) is 13.1 Å². The van der Waals surface area contributed by atoms with E-state index < -0.39 is 0 Å². The SMILES string of the molecule is CCC1CNC(C)CN1c1ccc(C)cc1. The van der Waals surface area contributed by atoms with Crippen molar-refractivity contribution in [2.45, 2.75) is 39.3 Å². The minimum atomic E-state index is 0.587. The first-order chi connectivity index (χ1) is 7.70. The zero-order valence-electron chi connectivity index (χ0n) is 10.5. The van der Waals surface area contributed by atoms with Gasteiger partial charge in [-0.05, 0) is 32.4 Å². The van der Waals surface area contributed by atoms with Crippen molar-refractivity contribution in [2.24, 2.45) is 0 Å². The van der Waals surface area contributed by atoms with Crippen molar-refractivity contribution in [1.29, 1.82) is 0 Å². The molecule has 2 heteroatoms. The molecule has 1 aromatic rings. The molecule has 16 heavy (non-hydrogen) atoms. The summed E-state index contributed by atoms with van der Waals surface area (Å²) in [5.41, 5.74) is 2.70. The molecule has 1 heterocycles. The highest BCUT2D eigenvalue weighted by Gasteiger charge is 2.24. The predicted molar refractivity (Wildman–Crippen MR) is 70.1 cm³/mol. The maximum Gasteiger partial charge on any atom is 0.0412 e. The lowest BCUT2D eigenvalue weighted by atomic mass is 10.1. The summed E-state index contributed by atoms with van der Waals surface area (Å²) in [6.07, 6.45) is 1.20. The van der Waals surface area contributed by atoms with Gasteiger partial charge in [0.05, 0.1) is 0 Å². The number of rotatable bonds is 2. The van der Waals surface area contributed by atoms with Gasteiger partial charge in [-0.3, -0.25) is 0 Å². The maximum atomic E-state index is 3.55. The third kappa shape index (κ3) is 2.38. The Morgan fingerprint density at radius 3 is 2.62 bits per heavy atom. The molecule has 0 aliphatic carbocycles. The molecule has 2 unspecified atom stereocenters. The van der Waals surface area contributed by atoms with E-state index in [1.54, 1.807) is 0 Å². The third-order valence-electron chi connectivity index (χ3n) is 3.45. The average Bonchev–Trinajstić information content (AvgIpc) is 2.30. The quantitative estimate of drug-likeness (QED) is 0.820. The molecule has 1 aromatic carbocycles. The van der Waals surface area contributed by atoms with Gasteiger partial charge in [-0.2, -0.15) is 0 Å². The van der Waals surface area contributed by atoms with E-state index in [2.05, 4.69) is 55.3 Å². The molecule has 0 spiro atoms. The van der Waals surface area contributed by atoms with Crippen LogP contribution in [0, 0.1) is 6.92 Å². The molecule has 1 aliphatic rings. The fourth-order valence-corrected chi connectivity index (χ4v) is 2.37. The fraction of sp³-hybridized carbons (Fsp3) is 0.571. The van der Waals surface area contributed by atoms with Crippen molar-refractivity contribution >= 4 is 5.69 Å². The van der Waals surface area contributed by atoms with Crippen LogP contribution in [0.25, 0.3) is 0 Å². The molecule has 0 bridgehead atoms. The molecule has 88 valence electrons. The number of aryl methyl sites for hydroxylation is 1. The van der Waals surface area contributed by atoms with E-state index in [0.29, 0.717) is 12.1 Å². The Balaban J connectivity index is 2.18. The molecule has 0 aromatic heterocycles. The zero-order valence-corrected chi connectivity index (χ0v) is 10.5. The molecule has 1 aliphatic heterocycles. The molecule has 2 atom stereocenters. The normalized spacial score (nSPS) is 25.8. The van der Waals surface area contributed by atoms with Crippen LogP contribution in [-0.2, 0) is 0 Å². The second-order valence-corrected chi connectivity index (χ2v) is 4.86. The first-order valence-electron chi connectivity index (χ1n) is 6.27. The van der Waals surface area contributed by atoms with Crippen molar-refractivity contribution in [3.05, 3.63) is 29.8 Å². The van der Waals surface area contributed by atoms with Gasteiger partial charge in [-0.25, -0.2) is 0 Å². The van der Waals surface area contributed by atoms with Crippen LogP contribution in [0.5, 0.6) is 0 Å². The molecular formula is C14H22N2. The molecular weight excluding hydrogens is 196 g/mol. The van der Waals surface area contributed by atoms with Crippen LogP contribution in [0.3, 0.4) is 0 Å². The van der Waals surface area contributed by atoms with Gasteiger partial charge in [0.15, 0.2) is 0 Å². The van der Waals surface area contributed by atoms with Crippen molar-refractivity contribution < 1.29 is 0 Å². The first kappa shape index (κ1) is 11.5. The van der Waals surface area contributed by atoms with Crippen molar-refractivity contribution in [3.63, 3.8) is 0 Å². The van der Waals surface area contributed by atoms with Crippen LogP contribution in [-0.4, -0.2) is 25.2 Å². The van der Waals surface area contributed by atoms with E-state index in [1.807, 2.05) is 0 Å². The van der Waals surface area contributed by atoms with Crippen LogP contribution in [0.1, 0.15) is 25.8 Å². The Morgan fingerprint density at radius 2 is 2.00 bits per heavy atom. The summed E-state index contributed by atoms with van der Waals surface area (Å²) in [5, 5.41) is 3.55. The van der Waals surface area contributed by atoms with Crippen LogP contribution < -0.4 is 10.2 Å². The zero-order chi connectivity index (χ0) is 11.5. The fourth-order valence-electron chi connectivity index (χ4n) is 2.37. The Labute approximate surface area is 98.7 Å². The number of benzene rings is 1. The number of nitrogens with zero attached hydrogens (tertiary/aromatic N) is 1. The lowest BCUT2D eigenvalue weighted by molar-refractivity contribution is 0.402. The number of nitrogens with one attached hydrogen (secondary N) is 1. The van der Waals surface area contributed by atoms with Gasteiger partial charge in [0.1, 0.15) is 0 Å². The number of hydrogen-bond acceptors (Lipinski definition) is 2. The molecule has 0 saturated carbocycles.